The third kappa shape index (κ3) is 6.38. The number of allylic oxidation sites excluding steroid dienone is 1. The molecule has 0 radical (unpaired) electrons. The Labute approximate surface area is 268 Å². The second-order valence-electron chi connectivity index (χ2n) is 9.44. The first-order valence-corrected chi connectivity index (χ1v) is 15.9. The zero-order valence-electron chi connectivity index (χ0n) is 22.4. The summed E-state index contributed by atoms with van der Waals surface area (Å²) < 4.78 is 15.2. The Morgan fingerprint density at radius 1 is 1.15 bits per heavy atom. The minimum Gasteiger partial charge on any atom is -0.487 e. The SMILES string of the molecule is CCOC(=O)C1=C(C)N=c2s/c(=C/c3cc(Br)c(OCc4ccc(Cl)cc4)c(I)c3)c(=O)n2[C@H]1c1ccc(C)cc1. The van der Waals surface area contributed by atoms with E-state index in [9.17, 15) is 9.59 Å². The van der Waals surface area contributed by atoms with E-state index in [0.717, 1.165) is 30.3 Å². The monoisotopic (exact) mass is 762 g/mol. The van der Waals surface area contributed by atoms with Crippen molar-refractivity contribution >= 4 is 73.5 Å². The number of ether oxygens (including phenoxy) is 2. The Bertz CT molecular complexity index is 1820. The Kier molecular flexibility index (Phi) is 9.18. The molecule has 0 N–H and O–H groups in total. The average molecular weight is 764 g/mol. The fourth-order valence-electron chi connectivity index (χ4n) is 4.54. The van der Waals surface area contributed by atoms with Crippen LogP contribution >= 0.6 is 61.5 Å². The summed E-state index contributed by atoms with van der Waals surface area (Å²) >= 11 is 13.2. The number of thiazole rings is 1. The van der Waals surface area contributed by atoms with Gasteiger partial charge in [0.2, 0.25) is 0 Å². The Hall–Kier alpha value is -2.73. The molecule has 6 nitrogen and oxygen atoms in total. The summed E-state index contributed by atoms with van der Waals surface area (Å²) in [5.41, 5.74) is 4.43. The highest BCUT2D eigenvalue weighted by atomic mass is 127. The van der Waals surface area contributed by atoms with Gasteiger partial charge in [-0.3, -0.25) is 9.36 Å². The molecule has 0 saturated heterocycles. The summed E-state index contributed by atoms with van der Waals surface area (Å²) in [4.78, 5) is 32.1. The molecule has 10 heteroatoms. The maximum atomic E-state index is 13.9. The van der Waals surface area contributed by atoms with Crippen LogP contribution in [0.25, 0.3) is 6.08 Å². The van der Waals surface area contributed by atoms with Gasteiger partial charge >= 0.3 is 5.97 Å². The highest BCUT2D eigenvalue weighted by Crippen LogP contribution is 2.33. The largest absolute Gasteiger partial charge is 0.487 e. The Morgan fingerprint density at radius 2 is 1.85 bits per heavy atom. The fourth-order valence-corrected chi connectivity index (χ4v) is 7.49. The van der Waals surface area contributed by atoms with Crippen molar-refractivity contribution in [1.29, 1.82) is 0 Å². The number of carbonyl (C=O) groups excluding carboxylic acids is 1. The van der Waals surface area contributed by atoms with Crippen LogP contribution in [0.15, 0.2) is 86.2 Å². The molecule has 2 heterocycles. The summed E-state index contributed by atoms with van der Waals surface area (Å²) in [6, 6.07) is 18.6. The van der Waals surface area contributed by atoms with E-state index in [2.05, 4.69) is 43.5 Å². The molecular weight excluding hydrogens is 739 g/mol. The lowest BCUT2D eigenvalue weighted by Gasteiger charge is -2.24. The molecule has 210 valence electrons. The number of rotatable bonds is 7. The molecule has 41 heavy (non-hydrogen) atoms. The molecule has 4 aromatic rings. The number of nitrogens with zero attached hydrogens (tertiary/aromatic N) is 2. The quantitative estimate of drug-likeness (QED) is 0.155. The Balaban J connectivity index is 1.54. The lowest BCUT2D eigenvalue weighted by atomic mass is 9.95. The number of halogens is 3. The molecule has 1 aromatic heterocycles. The van der Waals surface area contributed by atoms with Gasteiger partial charge in [0, 0.05) is 5.02 Å². The summed E-state index contributed by atoms with van der Waals surface area (Å²) in [5.74, 6) is 0.245. The molecule has 0 fully saturated rings. The third-order valence-electron chi connectivity index (χ3n) is 6.52. The predicted octanol–water partition coefficient (Wildman–Crippen LogP) is 6.71. The van der Waals surface area contributed by atoms with Gasteiger partial charge in [-0.05, 0) is 106 Å². The van der Waals surface area contributed by atoms with Crippen LogP contribution in [0, 0.1) is 10.5 Å². The van der Waals surface area contributed by atoms with Gasteiger partial charge in [0.05, 0.1) is 36.5 Å². The third-order valence-corrected chi connectivity index (χ3v) is 9.15. The maximum Gasteiger partial charge on any atom is 0.338 e. The number of fused-ring (bicyclic) bond motifs is 1. The van der Waals surface area contributed by atoms with Crippen molar-refractivity contribution < 1.29 is 14.3 Å². The van der Waals surface area contributed by atoms with Crippen molar-refractivity contribution in [1.82, 2.24) is 4.57 Å². The van der Waals surface area contributed by atoms with E-state index in [-0.39, 0.29) is 12.2 Å². The molecule has 0 unspecified atom stereocenters. The first-order valence-electron chi connectivity index (χ1n) is 12.8. The van der Waals surface area contributed by atoms with Gasteiger partial charge in [0.15, 0.2) is 4.80 Å². The maximum absolute atomic E-state index is 13.9. The zero-order chi connectivity index (χ0) is 29.3. The molecule has 1 aliphatic rings. The van der Waals surface area contributed by atoms with Crippen LogP contribution < -0.4 is 19.6 Å². The topological polar surface area (TPSA) is 69.9 Å². The molecule has 1 atom stereocenters. The van der Waals surface area contributed by atoms with Crippen molar-refractivity contribution in [2.75, 3.05) is 6.61 Å². The second-order valence-corrected chi connectivity index (χ2v) is 12.9. The number of aromatic nitrogens is 1. The van der Waals surface area contributed by atoms with E-state index in [1.165, 1.54) is 11.3 Å². The molecule has 1 aliphatic heterocycles. The first-order chi connectivity index (χ1) is 19.7. The molecule has 0 spiro atoms. The van der Waals surface area contributed by atoms with Crippen LogP contribution in [0.4, 0.5) is 0 Å². The van der Waals surface area contributed by atoms with Crippen LogP contribution in [-0.4, -0.2) is 17.1 Å². The molecule has 5 rings (SSSR count). The van der Waals surface area contributed by atoms with Crippen molar-refractivity contribution in [2.45, 2.75) is 33.4 Å². The minimum absolute atomic E-state index is 0.220. The highest BCUT2D eigenvalue weighted by molar-refractivity contribution is 14.1. The smallest absolute Gasteiger partial charge is 0.338 e. The van der Waals surface area contributed by atoms with Gasteiger partial charge in [-0.1, -0.05) is 64.9 Å². The normalized spacial score (nSPS) is 15.0. The summed E-state index contributed by atoms with van der Waals surface area (Å²) in [6.45, 7) is 6.17. The summed E-state index contributed by atoms with van der Waals surface area (Å²) in [5, 5.41) is 0.677. The lowest BCUT2D eigenvalue weighted by molar-refractivity contribution is -0.139. The minimum atomic E-state index is -0.636. The zero-order valence-corrected chi connectivity index (χ0v) is 27.7. The molecule has 0 amide bonds. The van der Waals surface area contributed by atoms with E-state index < -0.39 is 12.0 Å². The number of hydrogen-bond acceptors (Lipinski definition) is 6. The lowest BCUT2D eigenvalue weighted by Crippen LogP contribution is -2.39. The number of aryl methyl sites for hydroxylation is 1. The summed E-state index contributed by atoms with van der Waals surface area (Å²) in [6.07, 6.45) is 1.84. The highest BCUT2D eigenvalue weighted by Gasteiger charge is 2.33. The predicted molar refractivity (Wildman–Crippen MR) is 174 cm³/mol. The average Bonchev–Trinajstić information content (AvgIpc) is 3.23. The van der Waals surface area contributed by atoms with Crippen molar-refractivity contribution in [3.8, 4) is 5.75 Å². The number of hydrogen-bond donors (Lipinski definition) is 0. The van der Waals surface area contributed by atoms with Gasteiger partial charge in [0.25, 0.3) is 5.56 Å². The first kappa shape index (κ1) is 29.8. The van der Waals surface area contributed by atoms with Crippen LogP contribution in [-0.2, 0) is 16.1 Å². The van der Waals surface area contributed by atoms with E-state index in [1.54, 1.807) is 18.4 Å². The van der Waals surface area contributed by atoms with Gasteiger partial charge < -0.3 is 9.47 Å². The summed E-state index contributed by atoms with van der Waals surface area (Å²) in [7, 11) is 0. The van der Waals surface area contributed by atoms with Crippen molar-refractivity contribution in [2.24, 2.45) is 4.99 Å². The number of benzene rings is 3. The molecule has 0 aliphatic carbocycles. The van der Waals surface area contributed by atoms with Gasteiger partial charge in [0.1, 0.15) is 12.4 Å². The molecular formula is C31H25BrClIN2O4S. The number of carbonyl (C=O) groups is 1. The van der Waals surface area contributed by atoms with Crippen molar-refractivity contribution in [3.63, 3.8) is 0 Å². The molecule has 0 bridgehead atoms. The van der Waals surface area contributed by atoms with E-state index >= 15 is 0 Å². The van der Waals surface area contributed by atoms with Crippen LogP contribution in [0.3, 0.4) is 0 Å². The van der Waals surface area contributed by atoms with Gasteiger partial charge in [-0.2, -0.15) is 0 Å². The fraction of sp³-hybridized carbons (Fsp3) is 0.194. The molecule has 3 aromatic carbocycles. The van der Waals surface area contributed by atoms with Crippen LogP contribution in [0.1, 0.15) is 42.1 Å². The second kappa shape index (κ2) is 12.6. The Morgan fingerprint density at radius 3 is 2.51 bits per heavy atom. The van der Waals surface area contributed by atoms with E-state index in [4.69, 9.17) is 21.1 Å². The molecule has 0 saturated carbocycles. The van der Waals surface area contributed by atoms with E-state index in [1.807, 2.05) is 73.7 Å². The van der Waals surface area contributed by atoms with Crippen LogP contribution in [0.5, 0.6) is 5.75 Å². The van der Waals surface area contributed by atoms with E-state index in [0.29, 0.717) is 38.0 Å². The number of esters is 1. The standard InChI is InChI=1S/C31H25BrClIN2O4S/c1-4-39-30(38)26-18(3)35-31-36(27(26)21-9-5-17(2)6-10-21)29(37)25(41-31)15-20-13-23(32)28(24(34)14-20)40-16-19-7-11-22(33)12-8-19/h5-15,27H,4,16H2,1-3H3/b25-15+/t27-/m0/s1. The van der Waals surface area contributed by atoms with Gasteiger partial charge in [-0.15, -0.1) is 0 Å². The van der Waals surface area contributed by atoms with Crippen LogP contribution in [0.2, 0.25) is 5.02 Å². The van der Waals surface area contributed by atoms with Crippen molar-refractivity contribution in [3.05, 3.63) is 127 Å². The van der Waals surface area contributed by atoms with Gasteiger partial charge in [-0.25, -0.2) is 9.79 Å².